The molecule has 0 aliphatic carbocycles. The van der Waals surface area contributed by atoms with Gasteiger partial charge in [0, 0.05) is 11.8 Å². The second-order valence-electron chi connectivity index (χ2n) is 4.40. The van der Waals surface area contributed by atoms with Gasteiger partial charge in [0.2, 0.25) is 5.89 Å². The van der Waals surface area contributed by atoms with E-state index < -0.39 is 0 Å². The van der Waals surface area contributed by atoms with Crippen molar-refractivity contribution in [3.63, 3.8) is 0 Å². The Morgan fingerprint density at radius 2 is 2.19 bits per heavy atom. The van der Waals surface area contributed by atoms with Gasteiger partial charge in [0.1, 0.15) is 5.82 Å². The van der Waals surface area contributed by atoms with Crippen LogP contribution in [-0.2, 0) is 0 Å². The molecule has 6 nitrogen and oxygen atoms in total. The van der Waals surface area contributed by atoms with Crippen LogP contribution in [0, 0.1) is 6.92 Å². The predicted molar refractivity (Wildman–Crippen MR) is 83.1 cm³/mol. The molecule has 2 N–H and O–H groups in total. The number of thioether (sulfide) groups is 1. The van der Waals surface area contributed by atoms with Gasteiger partial charge in [-0.15, -0.1) is 21.5 Å². The van der Waals surface area contributed by atoms with Crippen LogP contribution in [0.25, 0.3) is 10.8 Å². The van der Waals surface area contributed by atoms with Gasteiger partial charge in [-0.25, -0.2) is 9.97 Å². The molecule has 108 valence electrons. The zero-order valence-corrected chi connectivity index (χ0v) is 13.1. The number of rotatable bonds is 4. The van der Waals surface area contributed by atoms with E-state index in [1.54, 1.807) is 17.4 Å². The number of hydrogen-bond acceptors (Lipinski definition) is 8. The maximum Gasteiger partial charge on any atom is 0.257 e. The summed E-state index contributed by atoms with van der Waals surface area (Å²) >= 11 is 3.01. The fourth-order valence-corrected chi connectivity index (χ4v) is 3.24. The molecule has 0 aromatic carbocycles. The molecule has 3 aromatic rings. The quantitative estimate of drug-likeness (QED) is 0.582. The van der Waals surface area contributed by atoms with Crippen LogP contribution in [0.15, 0.2) is 33.2 Å². The van der Waals surface area contributed by atoms with Gasteiger partial charge in [0.25, 0.3) is 5.89 Å². The van der Waals surface area contributed by atoms with Gasteiger partial charge < -0.3 is 10.2 Å². The molecule has 3 aromatic heterocycles. The molecular formula is C13H13N5OS2. The van der Waals surface area contributed by atoms with E-state index in [9.17, 15) is 0 Å². The van der Waals surface area contributed by atoms with Crippen LogP contribution < -0.4 is 5.73 Å². The molecule has 0 aliphatic rings. The van der Waals surface area contributed by atoms with Crippen LogP contribution in [0.1, 0.15) is 23.8 Å². The van der Waals surface area contributed by atoms with E-state index in [0.29, 0.717) is 22.8 Å². The van der Waals surface area contributed by atoms with Gasteiger partial charge in [-0.1, -0.05) is 17.8 Å². The van der Waals surface area contributed by atoms with Gasteiger partial charge in [-0.05, 0) is 25.3 Å². The highest BCUT2D eigenvalue weighted by Crippen LogP contribution is 2.34. The second kappa shape index (κ2) is 5.82. The summed E-state index contributed by atoms with van der Waals surface area (Å²) in [5.74, 6) is 1.55. The summed E-state index contributed by atoms with van der Waals surface area (Å²) in [6, 6.07) is 5.63. The Bertz CT molecular complexity index is 721. The zero-order chi connectivity index (χ0) is 14.8. The van der Waals surface area contributed by atoms with Gasteiger partial charge >= 0.3 is 0 Å². The Balaban J connectivity index is 1.77. The van der Waals surface area contributed by atoms with Gasteiger partial charge in [0.05, 0.1) is 10.1 Å². The molecule has 0 spiro atoms. The number of anilines is 1. The molecule has 8 heteroatoms. The van der Waals surface area contributed by atoms with Crippen LogP contribution in [-0.4, -0.2) is 20.2 Å². The van der Waals surface area contributed by atoms with Crippen molar-refractivity contribution in [3.05, 3.63) is 35.2 Å². The summed E-state index contributed by atoms with van der Waals surface area (Å²) in [5.41, 5.74) is 6.56. The number of nitrogen functional groups attached to an aromatic ring is 1. The highest BCUT2D eigenvalue weighted by Gasteiger charge is 2.18. The first-order valence-corrected chi connectivity index (χ1v) is 8.03. The molecule has 0 unspecified atom stereocenters. The Labute approximate surface area is 129 Å². The first kappa shape index (κ1) is 14.0. The molecule has 0 radical (unpaired) electrons. The topological polar surface area (TPSA) is 90.7 Å². The van der Waals surface area contributed by atoms with Crippen molar-refractivity contribution in [2.45, 2.75) is 24.3 Å². The molecule has 0 aliphatic heterocycles. The predicted octanol–water partition coefficient (Wildman–Crippen LogP) is 3.33. The Morgan fingerprint density at radius 3 is 2.90 bits per heavy atom. The van der Waals surface area contributed by atoms with Gasteiger partial charge in [-0.3, -0.25) is 0 Å². The average Bonchev–Trinajstić information content (AvgIpc) is 3.09. The van der Waals surface area contributed by atoms with E-state index in [4.69, 9.17) is 10.2 Å². The summed E-state index contributed by atoms with van der Waals surface area (Å²) in [6.45, 7) is 3.85. The fourth-order valence-electron chi connectivity index (χ4n) is 1.72. The van der Waals surface area contributed by atoms with E-state index in [1.807, 2.05) is 31.4 Å². The van der Waals surface area contributed by atoms with Crippen molar-refractivity contribution < 1.29 is 4.42 Å². The lowest BCUT2D eigenvalue weighted by Gasteiger charge is -2.06. The molecule has 0 saturated carbocycles. The minimum atomic E-state index is -0.0487. The summed E-state index contributed by atoms with van der Waals surface area (Å²) in [4.78, 5) is 9.50. The summed E-state index contributed by atoms with van der Waals surface area (Å²) < 4.78 is 5.70. The summed E-state index contributed by atoms with van der Waals surface area (Å²) in [5, 5.41) is 10.7. The standard InChI is InChI=1S/C13H13N5OS2/c1-7-6-10(14)16-13(15-7)21-8(2)11-17-18-12(19-11)9-4-3-5-20-9/h3-6,8H,1-2H3,(H2,14,15,16)/t8-/m0/s1. The molecule has 0 amide bonds. The highest BCUT2D eigenvalue weighted by atomic mass is 32.2. The lowest BCUT2D eigenvalue weighted by atomic mass is 10.4. The maximum atomic E-state index is 5.73. The minimum Gasteiger partial charge on any atom is -0.419 e. The monoisotopic (exact) mass is 319 g/mol. The number of nitrogens with zero attached hydrogens (tertiary/aromatic N) is 4. The first-order valence-electron chi connectivity index (χ1n) is 6.27. The van der Waals surface area contributed by atoms with Crippen molar-refractivity contribution in [1.29, 1.82) is 0 Å². The van der Waals surface area contributed by atoms with Crippen LogP contribution >= 0.6 is 23.1 Å². The molecule has 0 bridgehead atoms. The third-order valence-electron chi connectivity index (χ3n) is 2.66. The molecule has 0 fully saturated rings. The summed E-state index contributed by atoms with van der Waals surface area (Å²) in [7, 11) is 0. The number of aryl methyl sites for hydroxylation is 1. The van der Waals surface area contributed by atoms with Crippen molar-refractivity contribution in [1.82, 2.24) is 20.2 Å². The largest absolute Gasteiger partial charge is 0.419 e. The maximum absolute atomic E-state index is 5.73. The fraction of sp³-hybridized carbons (Fsp3) is 0.231. The van der Waals surface area contributed by atoms with E-state index in [2.05, 4.69) is 20.2 Å². The van der Waals surface area contributed by atoms with Gasteiger partial charge in [-0.2, -0.15) is 0 Å². The molecule has 3 heterocycles. The lowest BCUT2D eigenvalue weighted by molar-refractivity contribution is 0.510. The molecule has 1 atom stereocenters. The van der Waals surface area contributed by atoms with Crippen molar-refractivity contribution >= 4 is 28.9 Å². The molecule has 3 rings (SSSR count). The number of nitrogens with two attached hydrogens (primary N) is 1. The number of aromatic nitrogens is 4. The van der Waals surface area contributed by atoms with Crippen molar-refractivity contribution in [2.75, 3.05) is 5.73 Å². The number of hydrogen-bond donors (Lipinski definition) is 1. The second-order valence-corrected chi connectivity index (χ2v) is 6.66. The lowest BCUT2D eigenvalue weighted by Crippen LogP contribution is -1.98. The van der Waals surface area contributed by atoms with Crippen LogP contribution in [0.5, 0.6) is 0 Å². The van der Waals surface area contributed by atoms with Crippen LogP contribution in [0.3, 0.4) is 0 Å². The third kappa shape index (κ3) is 3.22. The van der Waals surface area contributed by atoms with Crippen molar-refractivity contribution in [2.24, 2.45) is 0 Å². The average molecular weight is 319 g/mol. The van der Waals surface area contributed by atoms with Crippen LogP contribution in [0.2, 0.25) is 0 Å². The van der Waals surface area contributed by atoms with Crippen molar-refractivity contribution in [3.8, 4) is 10.8 Å². The van der Waals surface area contributed by atoms with E-state index >= 15 is 0 Å². The first-order chi connectivity index (χ1) is 10.1. The van der Waals surface area contributed by atoms with Gasteiger partial charge in [0.15, 0.2) is 5.16 Å². The molecule has 21 heavy (non-hydrogen) atoms. The Morgan fingerprint density at radius 1 is 1.33 bits per heavy atom. The smallest absolute Gasteiger partial charge is 0.257 e. The minimum absolute atomic E-state index is 0.0487. The van der Waals surface area contributed by atoms with E-state index in [1.165, 1.54) is 11.8 Å². The molecule has 0 saturated heterocycles. The number of thiophene rings is 1. The molecular weight excluding hydrogens is 306 g/mol. The highest BCUT2D eigenvalue weighted by molar-refractivity contribution is 7.99. The van der Waals surface area contributed by atoms with E-state index in [-0.39, 0.29) is 5.25 Å². The van der Waals surface area contributed by atoms with Crippen LogP contribution in [0.4, 0.5) is 5.82 Å². The van der Waals surface area contributed by atoms with E-state index in [0.717, 1.165) is 10.6 Å². The Hall–Kier alpha value is -1.93. The zero-order valence-electron chi connectivity index (χ0n) is 11.5. The Kier molecular flexibility index (Phi) is 3.89. The summed E-state index contributed by atoms with van der Waals surface area (Å²) in [6.07, 6.45) is 0. The third-order valence-corrected chi connectivity index (χ3v) is 4.46. The SMILES string of the molecule is Cc1cc(N)nc(S[C@@H](C)c2nnc(-c3cccs3)o2)n1. The normalized spacial score (nSPS) is 12.5.